The summed E-state index contributed by atoms with van der Waals surface area (Å²) < 4.78 is 0.941. The lowest BCUT2D eigenvalue weighted by molar-refractivity contribution is -0.139. The van der Waals surface area contributed by atoms with Crippen LogP contribution in [0.5, 0.6) is 0 Å². The number of carbonyl (C=O) groups is 2. The minimum absolute atomic E-state index is 0.210. The molecule has 1 atom stereocenters. The third-order valence-corrected chi connectivity index (χ3v) is 3.07. The number of benzene rings is 1. The smallest absolute Gasteiger partial charge is 0.326 e. The van der Waals surface area contributed by atoms with Crippen LogP contribution in [-0.2, 0) is 4.79 Å². The van der Waals surface area contributed by atoms with Gasteiger partial charge in [-0.15, -0.1) is 0 Å². The highest BCUT2D eigenvalue weighted by Crippen LogP contribution is 2.10. The Hall–Kier alpha value is -1.11. The fourth-order valence-electron chi connectivity index (χ4n) is 1.56. The van der Waals surface area contributed by atoms with Crippen molar-refractivity contribution in [1.29, 1.82) is 0 Å². The maximum atomic E-state index is 11.9. The molecule has 1 aromatic carbocycles. The molecule has 4 nitrogen and oxygen atoms in total. The Morgan fingerprint density at radius 3 is 2.56 bits per heavy atom. The van der Waals surface area contributed by atoms with E-state index in [0.717, 1.165) is 3.57 Å². The number of rotatable bonds is 5. The SMILES string of the molecule is CC(C)CC(NC(=O)c1cccc(I)c1)C(=O)O. The number of carbonyl (C=O) groups excluding carboxylic acids is 1. The van der Waals surface area contributed by atoms with Crippen molar-refractivity contribution in [2.75, 3.05) is 0 Å². The minimum Gasteiger partial charge on any atom is -0.480 e. The monoisotopic (exact) mass is 361 g/mol. The highest BCUT2D eigenvalue weighted by Gasteiger charge is 2.21. The number of nitrogens with one attached hydrogen (secondary N) is 1. The molecule has 2 N–H and O–H groups in total. The van der Waals surface area contributed by atoms with Gasteiger partial charge in [-0.25, -0.2) is 4.79 Å². The summed E-state index contributed by atoms with van der Waals surface area (Å²) in [6, 6.07) is 6.21. The van der Waals surface area contributed by atoms with Crippen LogP contribution in [0.1, 0.15) is 30.6 Å². The Morgan fingerprint density at radius 2 is 2.06 bits per heavy atom. The number of amides is 1. The van der Waals surface area contributed by atoms with Gasteiger partial charge in [0.15, 0.2) is 0 Å². The Morgan fingerprint density at radius 1 is 1.39 bits per heavy atom. The molecule has 5 heteroatoms. The van der Waals surface area contributed by atoms with Crippen LogP contribution in [0.2, 0.25) is 0 Å². The maximum absolute atomic E-state index is 11.9. The van der Waals surface area contributed by atoms with Crippen LogP contribution in [0.3, 0.4) is 0 Å². The van der Waals surface area contributed by atoms with Gasteiger partial charge in [-0.1, -0.05) is 19.9 Å². The fourth-order valence-corrected chi connectivity index (χ4v) is 2.11. The van der Waals surface area contributed by atoms with Crippen LogP contribution in [0.4, 0.5) is 0 Å². The van der Waals surface area contributed by atoms with Gasteiger partial charge >= 0.3 is 5.97 Å². The zero-order valence-corrected chi connectivity index (χ0v) is 12.5. The van der Waals surface area contributed by atoms with Crippen LogP contribution >= 0.6 is 22.6 Å². The summed E-state index contributed by atoms with van der Waals surface area (Å²) in [4.78, 5) is 23.0. The topological polar surface area (TPSA) is 66.4 Å². The third kappa shape index (κ3) is 4.64. The summed E-state index contributed by atoms with van der Waals surface area (Å²) in [6.45, 7) is 3.85. The summed E-state index contributed by atoms with van der Waals surface area (Å²) in [6.07, 6.45) is 0.422. The number of hydrogen-bond acceptors (Lipinski definition) is 2. The number of carboxylic acid groups (broad SMARTS) is 1. The molecule has 98 valence electrons. The average Bonchev–Trinajstić information content (AvgIpc) is 2.27. The summed E-state index contributed by atoms with van der Waals surface area (Å²) in [7, 11) is 0. The molecule has 0 fully saturated rings. The second-order valence-corrected chi connectivity index (χ2v) is 5.75. The average molecular weight is 361 g/mol. The first-order valence-corrected chi connectivity index (χ1v) is 6.77. The van der Waals surface area contributed by atoms with E-state index in [1.54, 1.807) is 18.2 Å². The first-order valence-electron chi connectivity index (χ1n) is 5.69. The van der Waals surface area contributed by atoms with Gasteiger partial charge in [0.25, 0.3) is 5.91 Å². The Bertz CT molecular complexity index is 446. The number of aliphatic carboxylic acids is 1. The molecule has 0 saturated carbocycles. The lowest BCUT2D eigenvalue weighted by atomic mass is 10.0. The molecule has 0 aliphatic rings. The standard InChI is InChI=1S/C13H16INO3/c1-8(2)6-11(13(17)18)15-12(16)9-4-3-5-10(14)7-9/h3-5,7-8,11H,6H2,1-2H3,(H,15,16)(H,17,18). The van der Waals surface area contributed by atoms with Crippen LogP contribution in [-0.4, -0.2) is 23.0 Å². The van der Waals surface area contributed by atoms with Crippen molar-refractivity contribution in [3.8, 4) is 0 Å². The predicted molar refractivity (Wildman–Crippen MR) is 77.5 cm³/mol. The summed E-state index contributed by atoms with van der Waals surface area (Å²) in [5.74, 6) is -1.13. The van der Waals surface area contributed by atoms with Crippen LogP contribution in [0.15, 0.2) is 24.3 Å². The maximum Gasteiger partial charge on any atom is 0.326 e. The molecule has 0 aromatic heterocycles. The molecule has 18 heavy (non-hydrogen) atoms. The zero-order valence-electron chi connectivity index (χ0n) is 10.3. The van der Waals surface area contributed by atoms with E-state index in [1.165, 1.54) is 0 Å². The summed E-state index contributed by atoms with van der Waals surface area (Å²) in [5, 5.41) is 11.6. The van der Waals surface area contributed by atoms with Crippen molar-refractivity contribution < 1.29 is 14.7 Å². The first-order chi connectivity index (χ1) is 8.40. The molecule has 1 unspecified atom stereocenters. The second-order valence-electron chi connectivity index (χ2n) is 4.50. The molecule has 0 saturated heterocycles. The van der Waals surface area contributed by atoms with Crippen LogP contribution in [0.25, 0.3) is 0 Å². The van der Waals surface area contributed by atoms with Crippen molar-refractivity contribution in [3.05, 3.63) is 33.4 Å². The molecule has 0 aliphatic carbocycles. The highest BCUT2D eigenvalue weighted by molar-refractivity contribution is 14.1. The molecule has 1 amide bonds. The largest absolute Gasteiger partial charge is 0.480 e. The number of hydrogen-bond donors (Lipinski definition) is 2. The van der Waals surface area contributed by atoms with Crippen molar-refractivity contribution in [2.45, 2.75) is 26.3 Å². The van der Waals surface area contributed by atoms with Crippen LogP contribution < -0.4 is 5.32 Å². The molecule has 0 radical (unpaired) electrons. The predicted octanol–water partition coefficient (Wildman–Crippen LogP) is 2.52. The summed E-state index contributed by atoms with van der Waals surface area (Å²) >= 11 is 2.11. The number of halogens is 1. The van der Waals surface area contributed by atoms with Crippen molar-refractivity contribution in [1.82, 2.24) is 5.32 Å². The summed E-state index contributed by atoms with van der Waals surface area (Å²) in [5.41, 5.74) is 0.483. The number of carboxylic acids is 1. The molecule has 0 bridgehead atoms. The molecule has 0 heterocycles. The van der Waals surface area contributed by atoms with Crippen molar-refractivity contribution in [3.63, 3.8) is 0 Å². The van der Waals surface area contributed by atoms with E-state index >= 15 is 0 Å². The Labute approximate surface area is 120 Å². The second kappa shape index (κ2) is 6.72. The lowest BCUT2D eigenvalue weighted by Gasteiger charge is -2.16. The van der Waals surface area contributed by atoms with Gasteiger partial charge < -0.3 is 10.4 Å². The lowest BCUT2D eigenvalue weighted by Crippen LogP contribution is -2.41. The van der Waals surface area contributed by atoms with Crippen molar-refractivity contribution in [2.24, 2.45) is 5.92 Å². The molecule has 1 aromatic rings. The van der Waals surface area contributed by atoms with Crippen molar-refractivity contribution >= 4 is 34.5 Å². The first kappa shape index (κ1) is 14.9. The minimum atomic E-state index is -0.998. The van der Waals surface area contributed by atoms with E-state index in [-0.39, 0.29) is 11.8 Å². The Kier molecular flexibility index (Phi) is 5.58. The molecule has 1 rings (SSSR count). The quantitative estimate of drug-likeness (QED) is 0.793. The van der Waals surface area contributed by atoms with E-state index in [0.29, 0.717) is 12.0 Å². The van der Waals surface area contributed by atoms with E-state index in [9.17, 15) is 9.59 Å². The van der Waals surface area contributed by atoms with Crippen LogP contribution in [0, 0.1) is 9.49 Å². The Balaban J connectivity index is 2.75. The highest BCUT2D eigenvalue weighted by atomic mass is 127. The molecular formula is C13H16INO3. The molecule has 0 aliphatic heterocycles. The fraction of sp³-hybridized carbons (Fsp3) is 0.385. The van der Waals surface area contributed by atoms with Gasteiger partial charge in [0.05, 0.1) is 0 Å². The van der Waals surface area contributed by atoms with Gasteiger partial charge in [-0.05, 0) is 53.1 Å². The van der Waals surface area contributed by atoms with Gasteiger partial charge in [-0.2, -0.15) is 0 Å². The third-order valence-electron chi connectivity index (χ3n) is 2.40. The van der Waals surface area contributed by atoms with E-state index in [2.05, 4.69) is 27.9 Å². The molecular weight excluding hydrogens is 345 g/mol. The normalized spacial score (nSPS) is 12.2. The van der Waals surface area contributed by atoms with Gasteiger partial charge in [-0.3, -0.25) is 4.79 Å². The van der Waals surface area contributed by atoms with Gasteiger partial charge in [0.2, 0.25) is 0 Å². The van der Waals surface area contributed by atoms with E-state index < -0.39 is 12.0 Å². The van der Waals surface area contributed by atoms with E-state index in [1.807, 2.05) is 19.9 Å². The molecule has 0 spiro atoms. The van der Waals surface area contributed by atoms with E-state index in [4.69, 9.17) is 5.11 Å². The van der Waals surface area contributed by atoms with Gasteiger partial charge in [0.1, 0.15) is 6.04 Å². The van der Waals surface area contributed by atoms with Gasteiger partial charge in [0, 0.05) is 9.13 Å². The zero-order chi connectivity index (χ0) is 13.7.